The van der Waals surface area contributed by atoms with Crippen LogP contribution in [0, 0.1) is 0 Å². The number of aliphatic hydroxyl groups is 4. The summed E-state index contributed by atoms with van der Waals surface area (Å²) in [5, 5.41) is 56.3. The quantitative estimate of drug-likeness (QED) is 0.192. The van der Waals surface area contributed by atoms with Gasteiger partial charge in [0.05, 0.1) is 37.8 Å². The smallest absolute Gasteiger partial charge is 0.355 e. The van der Waals surface area contributed by atoms with E-state index < -0.39 is 37.4 Å². The van der Waals surface area contributed by atoms with E-state index in [1.807, 2.05) is 0 Å². The van der Waals surface area contributed by atoms with E-state index >= 15 is 0 Å². The highest BCUT2D eigenvalue weighted by Gasteiger charge is 2.28. The van der Waals surface area contributed by atoms with Crippen molar-refractivity contribution >= 4 is 11.9 Å². The molecule has 1 aliphatic rings. The third kappa shape index (κ3) is 5.45. The first-order chi connectivity index (χ1) is 11.3. The van der Waals surface area contributed by atoms with Crippen molar-refractivity contribution in [3.8, 4) is 0 Å². The fourth-order valence-electron chi connectivity index (χ4n) is 1.62. The molecule has 0 aromatic rings. The third-order valence-electron chi connectivity index (χ3n) is 2.88. The van der Waals surface area contributed by atoms with Gasteiger partial charge in [0.15, 0.2) is 11.4 Å². The van der Waals surface area contributed by atoms with Crippen molar-refractivity contribution in [3.05, 3.63) is 23.8 Å². The van der Waals surface area contributed by atoms with Crippen molar-refractivity contribution in [1.29, 1.82) is 0 Å². The van der Waals surface area contributed by atoms with Crippen LogP contribution in [-0.2, 0) is 9.59 Å². The molecule has 12 nitrogen and oxygen atoms in total. The Morgan fingerprint density at radius 3 is 1.46 bits per heavy atom. The Bertz CT molecular complexity index is 477. The second-order valence-electron chi connectivity index (χ2n) is 4.78. The Hall–Kier alpha value is -2.22. The van der Waals surface area contributed by atoms with Gasteiger partial charge in [0.25, 0.3) is 0 Å². The topological polar surface area (TPSA) is 186 Å². The minimum absolute atomic E-state index is 0.221. The molecule has 1 rings (SSSR count). The monoisotopic (exact) mass is 348 g/mol. The number of carboxylic acids is 2. The third-order valence-corrected chi connectivity index (χ3v) is 2.88. The highest BCUT2D eigenvalue weighted by atomic mass is 16.4. The van der Waals surface area contributed by atoms with Gasteiger partial charge in [-0.2, -0.15) is 0 Å². The van der Waals surface area contributed by atoms with Crippen molar-refractivity contribution in [2.75, 3.05) is 26.3 Å². The molecule has 0 aromatic carbocycles. The summed E-state index contributed by atoms with van der Waals surface area (Å²) < 4.78 is 0. The number of hydrogen-bond donors (Lipinski definition) is 8. The van der Waals surface area contributed by atoms with Crippen LogP contribution >= 0.6 is 0 Å². The Morgan fingerprint density at radius 2 is 1.21 bits per heavy atom. The van der Waals surface area contributed by atoms with E-state index in [1.54, 1.807) is 0 Å². The molecule has 0 saturated carbocycles. The number of carboxylic acid groups (broad SMARTS) is 2. The molecular formula is C12H20N4O8. The number of aliphatic carboxylic acids is 2. The largest absolute Gasteiger partial charge is 0.476 e. The molecule has 0 aliphatic carbocycles. The molecule has 24 heavy (non-hydrogen) atoms. The van der Waals surface area contributed by atoms with Crippen LogP contribution < -0.4 is 10.9 Å². The van der Waals surface area contributed by atoms with E-state index in [2.05, 4.69) is 10.9 Å². The second kappa shape index (κ2) is 9.17. The number of nitrogens with zero attached hydrogens (tertiary/aromatic N) is 2. The standard InChI is InChI=1S/C12H20N4O8/c17-5-7(19)1-13-15-3-10(12(23)24)16(4-9(15)11(21)22)14-2-8(20)6-18/h3-4,7-8,13-14,17-20H,1-2,5-6H2,(H,21,22)(H,23,24). The van der Waals surface area contributed by atoms with Crippen LogP contribution in [0.4, 0.5) is 0 Å². The van der Waals surface area contributed by atoms with Gasteiger partial charge in [-0.05, 0) is 0 Å². The van der Waals surface area contributed by atoms with E-state index in [1.165, 1.54) is 0 Å². The Kier molecular flexibility index (Phi) is 7.57. The molecule has 0 spiro atoms. The summed E-state index contributed by atoms with van der Waals surface area (Å²) in [6, 6.07) is 0. The molecular weight excluding hydrogens is 328 g/mol. The summed E-state index contributed by atoms with van der Waals surface area (Å²) in [7, 11) is 0. The number of hydrogen-bond acceptors (Lipinski definition) is 10. The molecule has 0 amide bonds. The first-order valence-corrected chi connectivity index (χ1v) is 6.83. The van der Waals surface area contributed by atoms with Crippen molar-refractivity contribution in [3.63, 3.8) is 0 Å². The van der Waals surface area contributed by atoms with Gasteiger partial charge in [-0.3, -0.25) is 10.0 Å². The number of rotatable bonds is 10. The molecule has 1 heterocycles. The molecule has 12 heteroatoms. The minimum atomic E-state index is -1.39. The van der Waals surface area contributed by atoms with Gasteiger partial charge in [-0.25, -0.2) is 20.4 Å². The Labute approximate surface area is 136 Å². The summed E-state index contributed by atoms with van der Waals surface area (Å²) in [6.45, 7) is -1.56. The fraction of sp³-hybridized carbons (Fsp3) is 0.500. The highest BCUT2D eigenvalue weighted by molar-refractivity contribution is 5.90. The van der Waals surface area contributed by atoms with Crippen molar-refractivity contribution < 1.29 is 40.2 Å². The zero-order chi connectivity index (χ0) is 18.3. The molecule has 0 bridgehead atoms. The van der Waals surface area contributed by atoms with Crippen LogP contribution in [0.5, 0.6) is 0 Å². The normalized spacial score (nSPS) is 17.2. The van der Waals surface area contributed by atoms with Gasteiger partial charge in [-0.15, -0.1) is 0 Å². The van der Waals surface area contributed by atoms with Gasteiger partial charge in [-0.1, -0.05) is 0 Å². The lowest BCUT2D eigenvalue weighted by Gasteiger charge is -2.32. The van der Waals surface area contributed by atoms with E-state index in [4.69, 9.17) is 10.2 Å². The van der Waals surface area contributed by atoms with Crippen LogP contribution in [0.25, 0.3) is 0 Å². The van der Waals surface area contributed by atoms with E-state index in [0.29, 0.717) is 0 Å². The van der Waals surface area contributed by atoms with Gasteiger partial charge in [0.1, 0.15) is 0 Å². The molecule has 2 unspecified atom stereocenters. The summed E-state index contributed by atoms with van der Waals surface area (Å²) in [5.74, 6) is -2.78. The van der Waals surface area contributed by atoms with E-state index in [-0.39, 0.29) is 24.5 Å². The lowest BCUT2D eigenvalue weighted by molar-refractivity contribution is -0.137. The van der Waals surface area contributed by atoms with Gasteiger partial charge < -0.3 is 30.6 Å². The first kappa shape index (κ1) is 19.8. The zero-order valence-corrected chi connectivity index (χ0v) is 12.5. The maximum absolute atomic E-state index is 11.3. The molecule has 0 saturated heterocycles. The van der Waals surface area contributed by atoms with Crippen LogP contribution in [0.15, 0.2) is 23.8 Å². The predicted molar refractivity (Wildman–Crippen MR) is 77.3 cm³/mol. The molecule has 8 N–H and O–H groups in total. The molecule has 0 aromatic heterocycles. The number of nitrogens with one attached hydrogen (secondary N) is 2. The summed E-state index contributed by atoms with van der Waals surface area (Å²) >= 11 is 0. The van der Waals surface area contributed by atoms with Crippen molar-refractivity contribution in [2.45, 2.75) is 12.2 Å². The van der Waals surface area contributed by atoms with Crippen LogP contribution in [0.1, 0.15) is 0 Å². The maximum Gasteiger partial charge on any atom is 0.355 e. The zero-order valence-electron chi connectivity index (χ0n) is 12.5. The Morgan fingerprint density at radius 1 is 0.875 bits per heavy atom. The van der Waals surface area contributed by atoms with Gasteiger partial charge >= 0.3 is 11.9 Å². The number of carbonyl (C=O) groups is 2. The van der Waals surface area contributed by atoms with Crippen molar-refractivity contribution in [2.24, 2.45) is 0 Å². The molecule has 2 atom stereocenters. The molecule has 0 radical (unpaired) electrons. The van der Waals surface area contributed by atoms with Gasteiger partial charge in [0.2, 0.25) is 0 Å². The van der Waals surface area contributed by atoms with E-state index in [0.717, 1.165) is 22.4 Å². The Balaban J connectivity index is 2.97. The lowest BCUT2D eigenvalue weighted by atomic mass is 10.3. The molecule has 0 fully saturated rings. The highest BCUT2D eigenvalue weighted by Crippen LogP contribution is 2.17. The van der Waals surface area contributed by atoms with Gasteiger partial charge in [0, 0.05) is 13.1 Å². The summed E-state index contributed by atoms with van der Waals surface area (Å²) in [6.07, 6.45) is -0.433. The average Bonchev–Trinajstić information content (AvgIpc) is 2.56. The average molecular weight is 348 g/mol. The minimum Gasteiger partial charge on any atom is -0.476 e. The molecule has 136 valence electrons. The molecule has 1 aliphatic heterocycles. The van der Waals surface area contributed by atoms with Crippen molar-refractivity contribution in [1.82, 2.24) is 20.9 Å². The first-order valence-electron chi connectivity index (χ1n) is 6.83. The predicted octanol–water partition coefficient (Wildman–Crippen LogP) is -3.83. The van der Waals surface area contributed by atoms with Crippen LogP contribution in [-0.4, -0.2) is 91.1 Å². The second-order valence-corrected chi connectivity index (χ2v) is 4.78. The SMILES string of the molecule is O=C(O)C1=CN(NCC(O)CO)C(C(=O)O)=CN1NCC(O)CO. The summed E-state index contributed by atoms with van der Waals surface area (Å²) in [5.41, 5.74) is 4.19. The fourth-order valence-corrected chi connectivity index (χ4v) is 1.62. The number of hydrazine groups is 2. The maximum atomic E-state index is 11.3. The lowest BCUT2D eigenvalue weighted by Crippen LogP contribution is -2.49. The van der Waals surface area contributed by atoms with Crippen LogP contribution in [0.2, 0.25) is 0 Å². The summed E-state index contributed by atoms with van der Waals surface area (Å²) in [4.78, 5) is 22.6. The van der Waals surface area contributed by atoms with Crippen LogP contribution in [0.3, 0.4) is 0 Å². The van der Waals surface area contributed by atoms with E-state index in [9.17, 15) is 30.0 Å². The number of aliphatic hydroxyl groups excluding tert-OH is 4.